The molecule has 0 amide bonds. The van der Waals surface area contributed by atoms with Gasteiger partial charge in [-0.1, -0.05) is 212 Å². The topological polar surface area (TPSA) is 41.9 Å². The van der Waals surface area contributed by atoms with Gasteiger partial charge in [0.15, 0.2) is 5.82 Å². The zero-order valence-corrected chi connectivity index (χ0v) is 38.0. The van der Waals surface area contributed by atoms with Gasteiger partial charge >= 0.3 is 0 Å². The Morgan fingerprint density at radius 2 is 0.843 bits per heavy atom. The van der Waals surface area contributed by atoms with E-state index in [4.69, 9.17) is 15.0 Å². The number of fused-ring (bicyclic) bond motifs is 13. The monoisotopic (exact) mass is 890 g/mol. The first-order chi connectivity index (χ1) is 34.7. The number of hydrogen-bond acceptors (Lipinski definition) is 4. The van der Waals surface area contributed by atoms with Crippen LogP contribution in [0.2, 0.25) is 0 Å². The Labute approximate surface area is 406 Å². The number of nitrogens with zero attached hydrogens (tertiary/aromatic N) is 4. The zero-order valence-electron chi connectivity index (χ0n) is 38.0. The fourth-order valence-electron chi connectivity index (χ4n) is 11.4. The van der Waals surface area contributed by atoms with Crippen molar-refractivity contribution < 1.29 is 0 Å². The Hall–Kier alpha value is -9.25. The van der Waals surface area contributed by atoms with E-state index in [1.54, 1.807) is 0 Å². The Morgan fingerprint density at radius 3 is 1.51 bits per heavy atom. The molecule has 0 unspecified atom stereocenters. The SMILES string of the molecule is c1ccc(-c2cc(-c3ccc(-c4ccc5c(c4)-c4c(ccc6c(-c7ccccc7)nc7ccccc7c46)C54c5ccccc5N(c5ccccc5)c5ccccc54)cc3)nc(-c3ccccc3)n2)cc1. The summed E-state index contributed by atoms with van der Waals surface area (Å²) in [5, 5.41) is 3.50. The lowest BCUT2D eigenvalue weighted by molar-refractivity contribution is 0.753. The van der Waals surface area contributed by atoms with Gasteiger partial charge in [0.1, 0.15) is 0 Å². The van der Waals surface area contributed by atoms with E-state index < -0.39 is 5.41 Å². The number of para-hydroxylation sites is 4. The van der Waals surface area contributed by atoms with Gasteiger partial charge in [-0.3, -0.25) is 0 Å². The third-order valence-electron chi connectivity index (χ3n) is 14.5. The van der Waals surface area contributed by atoms with Crippen LogP contribution in [0.1, 0.15) is 22.3 Å². The standard InChI is InChI=1S/C66H42N4/c1-5-19-44(20-6-1)58-42-59(69-65(68-58)47-23-9-3-10-24-47)45-35-33-43(34-36-45)48-37-39-53-52(41-48)63-56(40-38-51-62(63)50-27-13-16-30-57(50)67-64(51)46-21-7-2-8-22-46)66(53)54-28-14-17-31-60(54)70(49-25-11-4-12-26-49)61-32-18-15-29-55(61)66/h1-42H. The molecule has 4 nitrogen and oxygen atoms in total. The Balaban J connectivity index is 1.01. The van der Waals surface area contributed by atoms with Gasteiger partial charge in [-0.25, -0.2) is 15.0 Å². The molecule has 0 fully saturated rings. The molecule has 0 atom stereocenters. The lowest BCUT2D eigenvalue weighted by Gasteiger charge is -2.45. The van der Waals surface area contributed by atoms with Crippen molar-refractivity contribution in [1.82, 2.24) is 15.0 Å². The van der Waals surface area contributed by atoms with Crippen molar-refractivity contribution in [2.75, 3.05) is 4.90 Å². The van der Waals surface area contributed by atoms with E-state index in [-0.39, 0.29) is 0 Å². The maximum atomic E-state index is 5.40. The van der Waals surface area contributed by atoms with E-state index in [1.165, 1.54) is 50.1 Å². The van der Waals surface area contributed by atoms with Gasteiger partial charge in [0.2, 0.25) is 0 Å². The van der Waals surface area contributed by atoms with Crippen LogP contribution in [-0.4, -0.2) is 15.0 Å². The smallest absolute Gasteiger partial charge is 0.160 e. The summed E-state index contributed by atoms with van der Waals surface area (Å²) in [5.74, 6) is 0.704. The highest BCUT2D eigenvalue weighted by atomic mass is 15.2. The molecule has 326 valence electrons. The van der Waals surface area contributed by atoms with Crippen LogP contribution in [0.5, 0.6) is 0 Å². The molecule has 70 heavy (non-hydrogen) atoms. The van der Waals surface area contributed by atoms with Crippen molar-refractivity contribution in [1.29, 1.82) is 0 Å². The molecular weight excluding hydrogens is 849 g/mol. The first-order valence-electron chi connectivity index (χ1n) is 23.9. The summed E-state index contributed by atoms with van der Waals surface area (Å²) < 4.78 is 0. The average molecular weight is 891 g/mol. The molecule has 2 aromatic heterocycles. The highest BCUT2D eigenvalue weighted by Gasteiger charge is 2.52. The van der Waals surface area contributed by atoms with Crippen LogP contribution in [0, 0.1) is 0 Å². The first kappa shape index (κ1) is 39.9. The molecule has 0 N–H and O–H groups in total. The molecule has 4 heteroatoms. The lowest BCUT2D eigenvalue weighted by atomic mass is 9.64. The molecular formula is C66H42N4. The molecule has 12 aromatic rings. The first-order valence-corrected chi connectivity index (χ1v) is 23.9. The third-order valence-corrected chi connectivity index (χ3v) is 14.5. The second-order valence-corrected chi connectivity index (χ2v) is 18.2. The predicted molar refractivity (Wildman–Crippen MR) is 288 cm³/mol. The van der Waals surface area contributed by atoms with Gasteiger partial charge in [-0.15, -0.1) is 0 Å². The van der Waals surface area contributed by atoms with Gasteiger partial charge < -0.3 is 4.90 Å². The summed E-state index contributed by atoms with van der Waals surface area (Å²) >= 11 is 0. The summed E-state index contributed by atoms with van der Waals surface area (Å²) in [6.45, 7) is 0. The maximum absolute atomic E-state index is 5.40. The molecule has 1 aliphatic heterocycles. The van der Waals surface area contributed by atoms with E-state index in [0.29, 0.717) is 5.82 Å². The molecule has 0 radical (unpaired) electrons. The molecule has 2 aliphatic rings. The fourth-order valence-corrected chi connectivity index (χ4v) is 11.4. The molecule has 14 rings (SSSR count). The van der Waals surface area contributed by atoms with Crippen molar-refractivity contribution in [2.24, 2.45) is 0 Å². The van der Waals surface area contributed by atoms with Crippen LogP contribution in [0.25, 0.3) is 89.1 Å². The van der Waals surface area contributed by atoms with Crippen LogP contribution in [0.4, 0.5) is 17.1 Å². The van der Waals surface area contributed by atoms with Crippen molar-refractivity contribution in [3.63, 3.8) is 0 Å². The normalized spacial score (nSPS) is 12.9. The minimum Gasteiger partial charge on any atom is -0.310 e. The van der Waals surface area contributed by atoms with E-state index in [0.717, 1.165) is 72.4 Å². The second-order valence-electron chi connectivity index (χ2n) is 18.2. The van der Waals surface area contributed by atoms with Crippen LogP contribution in [-0.2, 0) is 5.41 Å². The highest BCUT2D eigenvalue weighted by Crippen LogP contribution is 2.65. The zero-order chi connectivity index (χ0) is 46.2. The van der Waals surface area contributed by atoms with Crippen molar-refractivity contribution in [3.8, 4) is 67.4 Å². The number of aromatic nitrogens is 3. The number of anilines is 3. The molecule has 1 aliphatic carbocycles. The van der Waals surface area contributed by atoms with Gasteiger partial charge in [-0.2, -0.15) is 0 Å². The summed E-state index contributed by atoms with van der Waals surface area (Å²) in [4.78, 5) is 18.0. The van der Waals surface area contributed by atoms with Crippen LogP contribution < -0.4 is 4.90 Å². The summed E-state index contributed by atoms with van der Waals surface area (Å²) in [6, 6.07) is 91.8. The van der Waals surface area contributed by atoms with Gasteiger partial charge in [0, 0.05) is 44.1 Å². The number of hydrogen-bond donors (Lipinski definition) is 0. The second kappa shape index (κ2) is 15.9. The van der Waals surface area contributed by atoms with E-state index in [1.807, 2.05) is 24.3 Å². The van der Waals surface area contributed by atoms with Crippen LogP contribution in [0.15, 0.2) is 255 Å². The molecule has 3 heterocycles. The number of rotatable bonds is 6. The summed E-state index contributed by atoms with van der Waals surface area (Å²) in [5.41, 5.74) is 20.6. The van der Waals surface area contributed by atoms with Crippen molar-refractivity contribution in [3.05, 3.63) is 277 Å². The minimum atomic E-state index is -0.628. The molecule has 0 bridgehead atoms. The van der Waals surface area contributed by atoms with Crippen molar-refractivity contribution >= 4 is 38.7 Å². The molecule has 10 aromatic carbocycles. The summed E-state index contributed by atoms with van der Waals surface area (Å²) in [6.07, 6.45) is 0. The van der Waals surface area contributed by atoms with Crippen molar-refractivity contribution in [2.45, 2.75) is 5.41 Å². The van der Waals surface area contributed by atoms with Crippen LogP contribution in [0.3, 0.4) is 0 Å². The quantitative estimate of drug-likeness (QED) is 0.156. The van der Waals surface area contributed by atoms with E-state index in [2.05, 4.69) is 235 Å². The Bertz CT molecular complexity index is 3880. The molecule has 0 saturated heterocycles. The van der Waals surface area contributed by atoms with Gasteiger partial charge in [0.25, 0.3) is 0 Å². The minimum absolute atomic E-state index is 0.628. The fraction of sp³-hybridized carbons (Fsp3) is 0.0152. The number of pyridine rings is 1. The van der Waals surface area contributed by atoms with E-state index in [9.17, 15) is 0 Å². The largest absolute Gasteiger partial charge is 0.310 e. The average Bonchev–Trinajstić information content (AvgIpc) is 3.73. The molecule has 1 spiro atoms. The number of benzene rings is 10. The predicted octanol–water partition coefficient (Wildman–Crippen LogP) is 16.7. The maximum Gasteiger partial charge on any atom is 0.160 e. The summed E-state index contributed by atoms with van der Waals surface area (Å²) in [7, 11) is 0. The Morgan fingerprint density at radius 1 is 0.329 bits per heavy atom. The van der Waals surface area contributed by atoms with Gasteiger partial charge in [0.05, 0.1) is 39.4 Å². The van der Waals surface area contributed by atoms with Gasteiger partial charge in [-0.05, 0) is 87.0 Å². The third kappa shape index (κ3) is 6.06. The van der Waals surface area contributed by atoms with E-state index >= 15 is 0 Å². The van der Waals surface area contributed by atoms with Crippen LogP contribution >= 0.6 is 0 Å². The Kier molecular flexibility index (Phi) is 9.08. The molecule has 0 saturated carbocycles. The lowest BCUT2D eigenvalue weighted by Crippen LogP contribution is -2.36. The highest BCUT2D eigenvalue weighted by molar-refractivity contribution is 6.20.